The van der Waals surface area contributed by atoms with Gasteiger partial charge >= 0.3 is 11.9 Å². The number of carbonyl (C=O) groups is 2. The van der Waals surface area contributed by atoms with Gasteiger partial charge in [-0.05, 0) is 90.0 Å². The molecule has 0 aliphatic rings. The third kappa shape index (κ3) is 8.11. The summed E-state index contributed by atoms with van der Waals surface area (Å²) in [6, 6.07) is 84.6. The molecule has 0 aliphatic carbocycles. The molecule has 65 heavy (non-hydrogen) atoms. The van der Waals surface area contributed by atoms with Gasteiger partial charge in [0.05, 0.1) is 11.1 Å². The molecule has 0 N–H and O–H groups in total. The van der Waals surface area contributed by atoms with Crippen molar-refractivity contribution in [1.29, 1.82) is 0 Å². The minimum absolute atomic E-state index is 0.274. The molecule has 0 spiro atoms. The molecule has 0 saturated heterocycles. The Balaban J connectivity index is 1.25. The van der Waals surface area contributed by atoms with Crippen LogP contribution in [0.4, 0.5) is 0 Å². The Morgan fingerprint density at radius 3 is 0.677 bits per heavy atom. The fourth-order valence-corrected chi connectivity index (χ4v) is 8.98. The normalized spacial score (nSPS) is 10.9. The van der Waals surface area contributed by atoms with Crippen LogP contribution in [0.1, 0.15) is 20.7 Å². The van der Waals surface area contributed by atoms with Crippen LogP contribution in [0.2, 0.25) is 0 Å². The molecule has 308 valence electrons. The van der Waals surface area contributed by atoms with Gasteiger partial charge in [0.15, 0.2) is 0 Å². The van der Waals surface area contributed by atoms with Crippen molar-refractivity contribution in [2.45, 2.75) is 0 Å². The number of hydrogen-bond acceptors (Lipinski definition) is 3. The topological polar surface area (TPSA) is 43.4 Å². The molecule has 0 aromatic heterocycles. The highest BCUT2D eigenvalue weighted by Crippen LogP contribution is 2.50. The van der Waals surface area contributed by atoms with E-state index in [1.807, 2.05) is 182 Å². The highest BCUT2D eigenvalue weighted by atomic mass is 16.6. The van der Waals surface area contributed by atoms with Crippen LogP contribution < -0.4 is 0 Å². The van der Waals surface area contributed by atoms with E-state index in [1.165, 1.54) is 0 Å². The van der Waals surface area contributed by atoms with Crippen LogP contribution in [0.15, 0.2) is 255 Å². The van der Waals surface area contributed by atoms with E-state index in [-0.39, 0.29) is 11.1 Å². The van der Waals surface area contributed by atoms with Crippen LogP contribution in [-0.2, 0) is 4.74 Å². The molecule has 3 nitrogen and oxygen atoms in total. The van der Waals surface area contributed by atoms with Crippen LogP contribution in [-0.4, -0.2) is 11.9 Å². The third-order valence-electron chi connectivity index (χ3n) is 11.8. The number of esters is 2. The first-order valence-corrected chi connectivity index (χ1v) is 21.8. The highest BCUT2D eigenvalue weighted by Gasteiger charge is 2.31. The monoisotopic (exact) mass is 834 g/mol. The first kappa shape index (κ1) is 40.4. The predicted octanol–water partition coefficient (Wildman–Crippen LogP) is 16.0. The minimum atomic E-state index is -0.753. The van der Waals surface area contributed by atoms with Crippen molar-refractivity contribution < 1.29 is 14.3 Å². The molecule has 10 rings (SSSR count). The number of carbonyl (C=O) groups excluding carboxylic acids is 2. The first-order chi connectivity index (χ1) is 32.1. The Hall–Kier alpha value is -8.66. The fourth-order valence-electron chi connectivity index (χ4n) is 8.98. The lowest BCUT2D eigenvalue weighted by molar-refractivity contribution is 0.0399. The second kappa shape index (κ2) is 18.4. The van der Waals surface area contributed by atoms with Gasteiger partial charge < -0.3 is 4.74 Å². The van der Waals surface area contributed by atoms with Gasteiger partial charge in [-0.2, -0.15) is 0 Å². The summed E-state index contributed by atoms with van der Waals surface area (Å²) >= 11 is 0. The van der Waals surface area contributed by atoms with Crippen LogP contribution >= 0.6 is 0 Å². The number of ether oxygens (including phenoxy) is 1. The number of rotatable bonds is 10. The van der Waals surface area contributed by atoms with Gasteiger partial charge in [0.2, 0.25) is 0 Å². The highest BCUT2D eigenvalue weighted by molar-refractivity contribution is 6.16. The Morgan fingerprint density at radius 2 is 0.431 bits per heavy atom. The van der Waals surface area contributed by atoms with Crippen molar-refractivity contribution in [3.63, 3.8) is 0 Å². The minimum Gasteiger partial charge on any atom is -0.386 e. The summed E-state index contributed by atoms with van der Waals surface area (Å²) in [5.74, 6) is -1.51. The maximum Gasteiger partial charge on any atom is 0.346 e. The van der Waals surface area contributed by atoms with Crippen molar-refractivity contribution in [3.05, 3.63) is 266 Å². The second-order valence-corrected chi connectivity index (χ2v) is 15.8. The smallest absolute Gasteiger partial charge is 0.346 e. The fraction of sp³-hybridized carbons (Fsp3) is 0. The van der Waals surface area contributed by atoms with Crippen molar-refractivity contribution in [2.75, 3.05) is 0 Å². The zero-order chi connectivity index (χ0) is 44.0. The molecule has 10 aromatic carbocycles. The summed E-state index contributed by atoms with van der Waals surface area (Å²) in [6.07, 6.45) is 0. The molecule has 0 bridgehead atoms. The zero-order valence-electron chi connectivity index (χ0n) is 35.5. The van der Waals surface area contributed by atoms with E-state index in [9.17, 15) is 0 Å². The van der Waals surface area contributed by atoms with Gasteiger partial charge in [0, 0.05) is 11.1 Å². The summed E-state index contributed by atoms with van der Waals surface area (Å²) in [5.41, 5.74) is 14.5. The lowest BCUT2D eigenvalue weighted by atomic mass is 9.80. The largest absolute Gasteiger partial charge is 0.386 e. The van der Waals surface area contributed by atoms with Crippen molar-refractivity contribution in [2.24, 2.45) is 0 Å². The summed E-state index contributed by atoms with van der Waals surface area (Å²) < 4.78 is 6.32. The van der Waals surface area contributed by atoms with Gasteiger partial charge in [-0.3, -0.25) is 0 Å². The van der Waals surface area contributed by atoms with Gasteiger partial charge in [-0.25, -0.2) is 9.59 Å². The average Bonchev–Trinajstić information content (AvgIpc) is 3.39. The molecule has 0 radical (unpaired) electrons. The second-order valence-electron chi connectivity index (χ2n) is 15.8. The molecular weight excluding hydrogens is 793 g/mol. The van der Waals surface area contributed by atoms with E-state index in [0.717, 1.165) is 77.9 Å². The lowest BCUT2D eigenvalue weighted by Crippen LogP contribution is -2.16. The first-order valence-electron chi connectivity index (χ1n) is 21.8. The molecule has 0 heterocycles. The number of benzene rings is 10. The summed E-state index contributed by atoms with van der Waals surface area (Å²) in [4.78, 5) is 30.9. The molecule has 0 atom stereocenters. The van der Waals surface area contributed by atoms with E-state index in [4.69, 9.17) is 4.74 Å². The van der Waals surface area contributed by atoms with Crippen molar-refractivity contribution in [1.82, 2.24) is 0 Å². The Morgan fingerprint density at radius 1 is 0.231 bits per heavy atom. The lowest BCUT2D eigenvalue weighted by Gasteiger charge is -2.24. The molecule has 0 aliphatic heterocycles. The van der Waals surface area contributed by atoms with Crippen molar-refractivity contribution >= 4 is 11.9 Å². The molecule has 3 heteroatoms. The van der Waals surface area contributed by atoms with Crippen LogP contribution in [0, 0.1) is 0 Å². The average molecular weight is 835 g/mol. The Kier molecular flexibility index (Phi) is 11.4. The van der Waals surface area contributed by atoms with E-state index in [0.29, 0.717) is 11.1 Å². The summed E-state index contributed by atoms with van der Waals surface area (Å²) in [6.45, 7) is 0. The van der Waals surface area contributed by atoms with E-state index < -0.39 is 11.9 Å². The van der Waals surface area contributed by atoms with Gasteiger partial charge in [0.1, 0.15) is 0 Å². The van der Waals surface area contributed by atoms with Gasteiger partial charge in [-0.1, -0.05) is 243 Å². The van der Waals surface area contributed by atoms with Crippen LogP contribution in [0.3, 0.4) is 0 Å². The molecular formula is C62H42O3. The Labute approximate surface area is 379 Å². The van der Waals surface area contributed by atoms with E-state index in [1.54, 1.807) is 0 Å². The summed E-state index contributed by atoms with van der Waals surface area (Å²) in [5, 5.41) is 0. The van der Waals surface area contributed by atoms with Gasteiger partial charge in [0.25, 0.3) is 0 Å². The molecule has 0 amide bonds. The molecule has 0 saturated carbocycles. The maximum absolute atomic E-state index is 15.4. The Bertz CT molecular complexity index is 3020. The maximum atomic E-state index is 15.4. The van der Waals surface area contributed by atoms with Crippen molar-refractivity contribution in [3.8, 4) is 89.0 Å². The molecule has 0 unspecified atom stereocenters. The van der Waals surface area contributed by atoms with Crippen LogP contribution in [0.5, 0.6) is 0 Å². The van der Waals surface area contributed by atoms with E-state index >= 15 is 9.59 Å². The SMILES string of the molecule is O=C(OC(=O)c1cc(-c2ccccc2)c(-c2ccccc2)c(-c2ccccc2)c1-c1ccccc1)c1cc(-c2ccccc2)c(-c2ccccc2)c(-c2ccccc2)c1-c1ccccc1. The number of hydrogen-bond donors (Lipinski definition) is 0. The zero-order valence-corrected chi connectivity index (χ0v) is 35.5. The van der Waals surface area contributed by atoms with E-state index in [2.05, 4.69) is 72.8 Å². The molecule has 10 aromatic rings. The van der Waals surface area contributed by atoms with Crippen LogP contribution in [0.25, 0.3) is 89.0 Å². The quantitative estimate of drug-likeness (QED) is 0.102. The third-order valence-corrected chi connectivity index (χ3v) is 11.8. The predicted molar refractivity (Wildman–Crippen MR) is 266 cm³/mol. The van der Waals surface area contributed by atoms with Gasteiger partial charge in [-0.15, -0.1) is 0 Å². The standard InChI is InChI=1S/C62H42O3/c63-61(53-41-51(43-25-9-1-10-26-43)55(45-29-13-3-14-30-45)59(49-37-21-7-22-38-49)57(53)47-33-17-5-18-34-47)65-62(64)54-42-52(44-27-11-2-12-28-44)56(46-31-15-4-16-32-46)60(50-39-23-8-24-40-50)58(54)48-35-19-6-20-36-48/h1-42H. The summed E-state index contributed by atoms with van der Waals surface area (Å²) in [7, 11) is 0. The molecule has 0 fully saturated rings.